The lowest BCUT2D eigenvalue weighted by molar-refractivity contribution is -0.126. The van der Waals surface area contributed by atoms with Crippen molar-refractivity contribution in [1.82, 2.24) is 15.1 Å². The summed E-state index contributed by atoms with van der Waals surface area (Å²) in [6.07, 6.45) is 4.77. The molecule has 1 aliphatic rings. The van der Waals surface area contributed by atoms with Crippen LogP contribution in [0.25, 0.3) is 6.08 Å². The fourth-order valence-electron chi connectivity index (χ4n) is 2.17. The molecule has 0 saturated carbocycles. The minimum Gasteiger partial charge on any atom is -0.299 e. The fourth-order valence-corrected chi connectivity index (χ4v) is 4.95. The molecule has 0 aromatic carbocycles. The van der Waals surface area contributed by atoms with E-state index in [9.17, 15) is 9.59 Å². The van der Waals surface area contributed by atoms with Gasteiger partial charge in [0.05, 0.1) is 4.91 Å². The molecule has 26 heavy (non-hydrogen) atoms. The minimum absolute atomic E-state index is 0.129. The molecule has 2 amide bonds. The van der Waals surface area contributed by atoms with Crippen LogP contribution in [-0.2, 0) is 16.0 Å². The van der Waals surface area contributed by atoms with Crippen LogP contribution >= 0.6 is 46.7 Å². The second-order valence-corrected chi connectivity index (χ2v) is 9.15. The average molecular weight is 425 g/mol. The fraction of sp³-hybridized carbons (Fsp3) is 0.312. The third-order valence-corrected chi connectivity index (χ3v) is 6.54. The number of thioether (sulfide) groups is 1. The van der Waals surface area contributed by atoms with Crippen molar-refractivity contribution in [1.29, 1.82) is 0 Å². The van der Waals surface area contributed by atoms with Gasteiger partial charge in [0.15, 0.2) is 0 Å². The Morgan fingerprint density at radius 1 is 1.42 bits per heavy atom. The van der Waals surface area contributed by atoms with Gasteiger partial charge < -0.3 is 0 Å². The van der Waals surface area contributed by atoms with Gasteiger partial charge in [0.1, 0.15) is 15.9 Å². The van der Waals surface area contributed by atoms with Gasteiger partial charge in [-0.15, -0.1) is 21.5 Å². The summed E-state index contributed by atoms with van der Waals surface area (Å²) in [6, 6.07) is 3.84. The third-order valence-electron chi connectivity index (χ3n) is 3.45. The highest BCUT2D eigenvalue weighted by molar-refractivity contribution is 8.26. The first kappa shape index (κ1) is 19.2. The predicted molar refractivity (Wildman–Crippen MR) is 111 cm³/mol. The van der Waals surface area contributed by atoms with Gasteiger partial charge in [-0.25, -0.2) is 0 Å². The number of amides is 2. The van der Waals surface area contributed by atoms with E-state index in [4.69, 9.17) is 12.2 Å². The van der Waals surface area contributed by atoms with Crippen molar-refractivity contribution in [3.05, 3.63) is 32.3 Å². The van der Waals surface area contributed by atoms with Crippen molar-refractivity contribution in [3.63, 3.8) is 0 Å². The minimum atomic E-state index is -0.336. The second-order valence-electron chi connectivity index (χ2n) is 5.44. The molecule has 136 valence electrons. The van der Waals surface area contributed by atoms with E-state index in [2.05, 4.69) is 22.4 Å². The van der Waals surface area contributed by atoms with Crippen molar-refractivity contribution in [2.45, 2.75) is 26.2 Å². The van der Waals surface area contributed by atoms with E-state index < -0.39 is 0 Å². The number of rotatable bonds is 7. The zero-order valence-corrected chi connectivity index (χ0v) is 17.2. The zero-order chi connectivity index (χ0) is 18.5. The molecule has 0 spiro atoms. The van der Waals surface area contributed by atoms with Gasteiger partial charge in [-0.1, -0.05) is 54.7 Å². The highest BCUT2D eigenvalue weighted by Gasteiger charge is 2.33. The number of hydrogen-bond donors (Lipinski definition) is 1. The van der Waals surface area contributed by atoms with Crippen molar-refractivity contribution in [2.24, 2.45) is 0 Å². The highest BCUT2D eigenvalue weighted by Crippen LogP contribution is 2.33. The van der Waals surface area contributed by atoms with Gasteiger partial charge in [-0.3, -0.25) is 19.8 Å². The maximum Gasteiger partial charge on any atom is 0.266 e. The quantitative estimate of drug-likeness (QED) is 0.538. The molecular weight excluding hydrogens is 408 g/mol. The molecule has 10 heteroatoms. The van der Waals surface area contributed by atoms with E-state index in [0.717, 1.165) is 29.1 Å². The molecule has 1 aliphatic heterocycles. The van der Waals surface area contributed by atoms with E-state index in [1.165, 1.54) is 28.0 Å². The Hall–Kier alpha value is -1.62. The van der Waals surface area contributed by atoms with Crippen LogP contribution in [-0.4, -0.2) is 37.8 Å². The van der Waals surface area contributed by atoms with Gasteiger partial charge in [0, 0.05) is 11.3 Å². The topological polar surface area (TPSA) is 75.2 Å². The third kappa shape index (κ3) is 4.76. The van der Waals surface area contributed by atoms with Crippen LogP contribution in [0.1, 0.15) is 29.7 Å². The number of nitrogens with zero attached hydrogens (tertiary/aromatic N) is 3. The van der Waals surface area contributed by atoms with E-state index >= 15 is 0 Å². The van der Waals surface area contributed by atoms with Crippen LogP contribution in [0.2, 0.25) is 0 Å². The maximum absolute atomic E-state index is 12.5. The average Bonchev–Trinajstić information content (AvgIpc) is 3.33. The molecule has 0 aliphatic carbocycles. The zero-order valence-electron chi connectivity index (χ0n) is 13.9. The Labute approximate surface area is 168 Å². The predicted octanol–water partition coefficient (Wildman–Crippen LogP) is 3.78. The molecule has 3 heterocycles. The van der Waals surface area contributed by atoms with E-state index in [1.54, 1.807) is 17.4 Å². The number of aryl methyl sites for hydroxylation is 1. The lowest BCUT2D eigenvalue weighted by atomic mass is 10.3. The van der Waals surface area contributed by atoms with Gasteiger partial charge in [-0.2, -0.15) is 0 Å². The maximum atomic E-state index is 12.5. The first-order valence-electron chi connectivity index (χ1n) is 7.98. The SMILES string of the molecule is CCCCc1nnc(NC(=O)CN2C(=O)/C(=C\c3cccs3)SC2=S)s1. The summed E-state index contributed by atoms with van der Waals surface area (Å²) in [5, 5.41) is 14.0. The Kier molecular flexibility index (Phi) is 6.52. The van der Waals surface area contributed by atoms with E-state index in [1.807, 2.05) is 17.5 Å². The molecule has 0 atom stereocenters. The van der Waals surface area contributed by atoms with Gasteiger partial charge in [0.25, 0.3) is 5.91 Å². The van der Waals surface area contributed by atoms with Crippen LogP contribution in [0.15, 0.2) is 22.4 Å². The number of hydrogen-bond acceptors (Lipinski definition) is 8. The van der Waals surface area contributed by atoms with Crippen LogP contribution in [0.3, 0.4) is 0 Å². The van der Waals surface area contributed by atoms with Crippen LogP contribution in [0, 0.1) is 0 Å². The number of unbranched alkanes of at least 4 members (excludes halogenated alkanes) is 1. The van der Waals surface area contributed by atoms with Crippen molar-refractivity contribution < 1.29 is 9.59 Å². The molecule has 0 unspecified atom stereocenters. The lowest BCUT2D eigenvalue weighted by Crippen LogP contribution is -2.36. The molecule has 1 fully saturated rings. The number of carbonyl (C=O) groups is 2. The molecule has 2 aromatic heterocycles. The Morgan fingerprint density at radius 3 is 3.00 bits per heavy atom. The number of aromatic nitrogens is 2. The largest absolute Gasteiger partial charge is 0.299 e. The van der Waals surface area contributed by atoms with E-state index in [-0.39, 0.29) is 18.4 Å². The summed E-state index contributed by atoms with van der Waals surface area (Å²) >= 11 is 9.36. The summed E-state index contributed by atoms with van der Waals surface area (Å²) in [6.45, 7) is 1.98. The highest BCUT2D eigenvalue weighted by atomic mass is 32.2. The van der Waals surface area contributed by atoms with Crippen LogP contribution < -0.4 is 5.32 Å². The Balaban J connectivity index is 1.59. The number of thiocarbonyl (C=S) groups is 1. The molecule has 1 N–H and O–H groups in total. The normalized spacial score (nSPS) is 15.9. The van der Waals surface area contributed by atoms with Crippen molar-refractivity contribution >= 4 is 74.0 Å². The number of anilines is 1. The van der Waals surface area contributed by atoms with Crippen LogP contribution in [0.4, 0.5) is 5.13 Å². The molecule has 0 radical (unpaired) electrons. The monoisotopic (exact) mass is 424 g/mol. The first-order valence-corrected chi connectivity index (χ1v) is 10.9. The Bertz CT molecular complexity index is 844. The van der Waals surface area contributed by atoms with Crippen molar-refractivity contribution in [2.75, 3.05) is 11.9 Å². The smallest absolute Gasteiger partial charge is 0.266 e. The number of thiophene rings is 1. The Morgan fingerprint density at radius 2 is 2.27 bits per heavy atom. The number of carbonyl (C=O) groups excluding carboxylic acids is 2. The van der Waals surface area contributed by atoms with Gasteiger partial charge in [-0.05, 0) is 23.9 Å². The van der Waals surface area contributed by atoms with E-state index in [0.29, 0.717) is 14.4 Å². The molecular formula is C16H16N4O2S4. The second kappa shape index (κ2) is 8.85. The van der Waals surface area contributed by atoms with Gasteiger partial charge >= 0.3 is 0 Å². The summed E-state index contributed by atoms with van der Waals surface area (Å²) in [5.74, 6) is -0.582. The number of nitrogens with one attached hydrogen (secondary N) is 1. The molecule has 1 saturated heterocycles. The molecule has 6 nitrogen and oxygen atoms in total. The van der Waals surface area contributed by atoms with Crippen molar-refractivity contribution in [3.8, 4) is 0 Å². The van der Waals surface area contributed by atoms with Gasteiger partial charge in [0.2, 0.25) is 11.0 Å². The molecule has 3 rings (SSSR count). The lowest BCUT2D eigenvalue weighted by Gasteiger charge is -2.13. The first-order chi connectivity index (χ1) is 12.6. The molecule has 0 bridgehead atoms. The standard InChI is InChI=1S/C16H16N4O2S4/c1-2-3-6-13-18-19-15(26-13)17-12(21)9-20-14(22)11(25-16(20)23)8-10-5-4-7-24-10/h4-5,7-8H,2-3,6,9H2,1H3,(H,17,19,21)/b11-8+. The van der Waals surface area contributed by atoms with Crippen LogP contribution in [0.5, 0.6) is 0 Å². The summed E-state index contributed by atoms with van der Waals surface area (Å²) in [5.41, 5.74) is 0. The summed E-state index contributed by atoms with van der Waals surface area (Å²) in [7, 11) is 0. The summed E-state index contributed by atoms with van der Waals surface area (Å²) < 4.78 is 0.383. The summed E-state index contributed by atoms with van der Waals surface area (Å²) in [4.78, 5) is 27.6. The molecule has 2 aromatic rings.